The molecule has 0 aliphatic rings. The second-order valence-corrected chi connectivity index (χ2v) is 6.91. The van der Waals surface area contributed by atoms with Gasteiger partial charge >= 0.3 is 5.97 Å². The normalized spacial score (nSPS) is 11.8. The molecule has 1 N–H and O–H groups in total. The third-order valence-corrected chi connectivity index (χ3v) is 4.77. The second kappa shape index (κ2) is 8.68. The van der Waals surface area contributed by atoms with Gasteiger partial charge in [0.25, 0.3) is 5.56 Å². The largest absolute Gasteiger partial charge is 0.469 e. The van der Waals surface area contributed by atoms with Crippen molar-refractivity contribution in [1.82, 2.24) is 15.1 Å². The van der Waals surface area contributed by atoms with Crippen LogP contribution in [-0.4, -0.2) is 28.8 Å². The van der Waals surface area contributed by atoms with Gasteiger partial charge in [0.15, 0.2) is 0 Å². The number of aromatic nitrogens is 2. The molecule has 1 aromatic heterocycles. The first-order valence-electron chi connectivity index (χ1n) is 9.26. The highest BCUT2D eigenvalue weighted by Crippen LogP contribution is 2.19. The summed E-state index contributed by atoms with van der Waals surface area (Å²) in [5, 5.41) is 8.31. The summed E-state index contributed by atoms with van der Waals surface area (Å²) in [6, 6.07) is 14.2. The summed E-state index contributed by atoms with van der Waals surface area (Å²) in [7, 11) is 2.87. The molecule has 1 amide bonds. The lowest BCUT2D eigenvalue weighted by molar-refractivity contribution is -0.141. The van der Waals surface area contributed by atoms with Crippen LogP contribution in [0, 0.1) is 6.92 Å². The quantitative estimate of drug-likeness (QED) is 0.649. The Morgan fingerprint density at radius 3 is 2.41 bits per heavy atom. The van der Waals surface area contributed by atoms with Crippen molar-refractivity contribution >= 4 is 22.6 Å². The van der Waals surface area contributed by atoms with Crippen molar-refractivity contribution in [2.24, 2.45) is 7.05 Å². The standard InChI is InChI=1S/C22H23N3O4/c1-14-8-10-15(11-9-14)18(13-21(27)29-3)23-20(26)12-19-16-6-4-5-7-17(16)22(28)25(2)24-19/h4-11,18H,12-13H2,1-3H3,(H,23,26)/t18-/m0/s1. The molecule has 2 aromatic carbocycles. The molecule has 0 saturated carbocycles. The first-order chi connectivity index (χ1) is 13.9. The predicted molar refractivity (Wildman–Crippen MR) is 109 cm³/mol. The van der Waals surface area contributed by atoms with Crippen molar-refractivity contribution in [3.05, 3.63) is 75.7 Å². The lowest BCUT2D eigenvalue weighted by Gasteiger charge is -2.19. The Balaban J connectivity index is 1.86. The molecule has 0 fully saturated rings. The topological polar surface area (TPSA) is 90.3 Å². The lowest BCUT2D eigenvalue weighted by atomic mass is 10.0. The number of esters is 1. The van der Waals surface area contributed by atoms with Gasteiger partial charge in [0.05, 0.1) is 37.1 Å². The van der Waals surface area contributed by atoms with E-state index in [1.54, 1.807) is 31.3 Å². The van der Waals surface area contributed by atoms with Gasteiger partial charge in [-0.2, -0.15) is 5.10 Å². The highest BCUT2D eigenvalue weighted by molar-refractivity contribution is 5.88. The van der Waals surface area contributed by atoms with Crippen molar-refractivity contribution in [1.29, 1.82) is 0 Å². The third-order valence-electron chi connectivity index (χ3n) is 4.77. The van der Waals surface area contributed by atoms with Crippen LogP contribution in [0.25, 0.3) is 10.8 Å². The zero-order valence-electron chi connectivity index (χ0n) is 16.6. The zero-order valence-corrected chi connectivity index (χ0v) is 16.6. The van der Waals surface area contributed by atoms with Crippen LogP contribution in [0.5, 0.6) is 0 Å². The number of aryl methyl sites for hydroxylation is 2. The molecule has 1 heterocycles. The number of hydrogen-bond donors (Lipinski definition) is 1. The van der Waals surface area contributed by atoms with Crippen LogP contribution in [0.4, 0.5) is 0 Å². The van der Waals surface area contributed by atoms with Gasteiger partial charge in [-0.15, -0.1) is 0 Å². The molecule has 0 bridgehead atoms. The van der Waals surface area contributed by atoms with E-state index in [0.29, 0.717) is 16.5 Å². The highest BCUT2D eigenvalue weighted by Gasteiger charge is 2.20. The number of carbonyl (C=O) groups is 2. The van der Waals surface area contributed by atoms with E-state index in [1.165, 1.54) is 11.8 Å². The summed E-state index contributed by atoms with van der Waals surface area (Å²) >= 11 is 0. The molecule has 0 radical (unpaired) electrons. The molecular formula is C22H23N3O4. The van der Waals surface area contributed by atoms with E-state index in [9.17, 15) is 14.4 Å². The summed E-state index contributed by atoms with van der Waals surface area (Å²) in [5.41, 5.74) is 2.18. The van der Waals surface area contributed by atoms with Crippen LogP contribution in [0.3, 0.4) is 0 Å². The summed E-state index contributed by atoms with van der Waals surface area (Å²) in [5.74, 6) is -0.711. The number of hydrogen-bond acceptors (Lipinski definition) is 5. The molecule has 29 heavy (non-hydrogen) atoms. The Labute approximate surface area is 168 Å². The van der Waals surface area contributed by atoms with Gasteiger partial charge < -0.3 is 10.1 Å². The number of benzene rings is 2. The van der Waals surface area contributed by atoms with Crippen molar-refractivity contribution in [2.45, 2.75) is 25.8 Å². The fraction of sp³-hybridized carbons (Fsp3) is 0.273. The molecule has 0 spiro atoms. The molecule has 0 saturated heterocycles. The Bertz CT molecular complexity index is 1100. The van der Waals surface area contributed by atoms with E-state index in [-0.39, 0.29) is 24.3 Å². The third kappa shape index (κ3) is 4.68. The van der Waals surface area contributed by atoms with Crippen LogP contribution < -0.4 is 10.9 Å². The van der Waals surface area contributed by atoms with Crippen LogP contribution in [0.1, 0.15) is 29.3 Å². The van der Waals surface area contributed by atoms with Crippen LogP contribution in [-0.2, 0) is 27.8 Å². The number of nitrogens with zero attached hydrogens (tertiary/aromatic N) is 2. The fourth-order valence-corrected chi connectivity index (χ4v) is 3.20. The first-order valence-corrected chi connectivity index (χ1v) is 9.26. The number of rotatable bonds is 6. The number of nitrogens with one attached hydrogen (secondary N) is 1. The van der Waals surface area contributed by atoms with Crippen molar-refractivity contribution in [3.63, 3.8) is 0 Å². The SMILES string of the molecule is COC(=O)C[C@H](NC(=O)Cc1nn(C)c(=O)c2ccccc12)c1ccc(C)cc1. The van der Waals surface area contributed by atoms with Gasteiger partial charge in [-0.05, 0) is 18.6 Å². The maximum absolute atomic E-state index is 12.8. The van der Waals surface area contributed by atoms with Crippen LogP contribution in [0.2, 0.25) is 0 Å². The fourth-order valence-electron chi connectivity index (χ4n) is 3.20. The predicted octanol–water partition coefficient (Wildman–Crippen LogP) is 2.21. The van der Waals surface area contributed by atoms with Gasteiger partial charge in [0.1, 0.15) is 0 Å². The van der Waals surface area contributed by atoms with Gasteiger partial charge in [-0.25, -0.2) is 4.68 Å². The van der Waals surface area contributed by atoms with Crippen molar-refractivity contribution in [2.75, 3.05) is 7.11 Å². The summed E-state index contributed by atoms with van der Waals surface area (Å²) in [6.45, 7) is 1.97. The first kappa shape index (κ1) is 20.3. The molecule has 7 nitrogen and oxygen atoms in total. The van der Waals surface area contributed by atoms with Gasteiger partial charge in [-0.1, -0.05) is 48.0 Å². The summed E-state index contributed by atoms with van der Waals surface area (Å²) in [6.07, 6.45) is 0.00488. The van der Waals surface area contributed by atoms with Crippen molar-refractivity contribution < 1.29 is 14.3 Å². The lowest BCUT2D eigenvalue weighted by Crippen LogP contribution is -2.32. The van der Waals surface area contributed by atoms with Gasteiger partial charge in [-0.3, -0.25) is 14.4 Å². The minimum atomic E-state index is -0.519. The maximum atomic E-state index is 12.8. The van der Waals surface area contributed by atoms with E-state index in [4.69, 9.17) is 4.74 Å². The molecule has 0 unspecified atom stereocenters. The van der Waals surface area contributed by atoms with Crippen molar-refractivity contribution in [3.8, 4) is 0 Å². The molecular weight excluding hydrogens is 370 g/mol. The molecule has 7 heteroatoms. The van der Waals surface area contributed by atoms with Gasteiger partial charge in [0.2, 0.25) is 5.91 Å². The van der Waals surface area contributed by atoms with E-state index < -0.39 is 12.0 Å². The van der Waals surface area contributed by atoms with Crippen LogP contribution >= 0.6 is 0 Å². The Hall–Kier alpha value is -3.48. The molecule has 3 rings (SSSR count). The molecule has 0 aliphatic heterocycles. The summed E-state index contributed by atoms with van der Waals surface area (Å²) < 4.78 is 6.00. The number of carbonyl (C=O) groups excluding carboxylic acids is 2. The second-order valence-electron chi connectivity index (χ2n) is 6.91. The number of fused-ring (bicyclic) bond motifs is 1. The van der Waals surface area contributed by atoms with E-state index >= 15 is 0 Å². The Morgan fingerprint density at radius 2 is 1.76 bits per heavy atom. The average Bonchev–Trinajstić information content (AvgIpc) is 2.71. The van der Waals surface area contributed by atoms with Gasteiger partial charge in [0, 0.05) is 12.4 Å². The van der Waals surface area contributed by atoms with Crippen LogP contribution in [0.15, 0.2) is 53.3 Å². The Morgan fingerprint density at radius 1 is 1.10 bits per heavy atom. The minimum absolute atomic E-state index is 0.0157. The van der Waals surface area contributed by atoms with E-state index in [0.717, 1.165) is 11.1 Å². The molecule has 3 aromatic rings. The Kier molecular flexibility index (Phi) is 6.07. The summed E-state index contributed by atoms with van der Waals surface area (Å²) in [4.78, 5) is 36.9. The minimum Gasteiger partial charge on any atom is -0.469 e. The number of amides is 1. The highest BCUT2D eigenvalue weighted by atomic mass is 16.5. The number of methoxy groups -OCH3 is 1. The maximum Gasteiger partial charge on any atom is 0.307 e. The van der Waals surface area contributed by atoms with E-state index in [1.807, 2.05) is 31.2 Å². The zero-order chi connectivity index (χ0) is 21.0. The smallest absolute Gasteiger partial charge is 0.307 e. The molecule has 0 aliphatic carbocycles. The monoisotopic (exact) mass is 393 g/mol. The molecule has 150 valence electrons. The molecule has 1 atom stereocenters. The van der Waals surface area contributed by atoms with E-state index in [2.05, 4.69) is 10.4 Å². The number of ether oxygens (including phenoxy) is 1. The average molecular weight is 393 g/mol.